The Morgan fingerprint density at radius 1 is 1.17 bits per heavy atom. The summed E-state index contributed by atoms with van der Waals surface area (Å²) < 4.78 is 50.6. The van der Waals surface area contributed by atoms with Crippen molar-refractivity contribution in [1.29, 1.82) is 0 Å². The quantitative estimate of drug-likeness (QED) is 0.569. The van der Waals surface area contributed by atoms with E-state index in [0.29, 0.717) is 12.3 Å². The van der Waals surface area contributed by atoms with Gasteiger partial charge in [0.05, 0.1) is 5.56 Å². The van der Waals surface area contributed by atoms with Crippen LogP contribution in [-0.4, -0.2) is 16.0 Å². The Bertz CT molecular complexity index is 831. The van der Waals surface area contributed by atoms with Crippen LogP contribution in [0.25, 0.3) is 0 Å². The van der Waals surface area contributed by atoms with Crippen LogP contribution < -0.4 is 16.2 Å². The Morgan fingerprint density at radius 2 is 1.79 bits per heavy atom. The molecule has 0 fully saturated rings. The topological polar surface area (TPSA) is 74.0 Å². The van der Waals surface area contributed by atoms with Crippen LogP contribution in [0, 0.1) is 5.82 Å². The van der Waals surface area contributed by atoms with Gasteiger partial charge in [0.1, 0.15) is 11.5 Å². The lowest BCUT2D eigenvalue weighted by atomic mass is 10.2. The van der Waals surface area contributed by atoms with E-state index in [0.717, 1.165) is 12.1 Å². The molecule has 0 aliphatic heterocycles. The molecule has 24 heavy (non-hydrogen) atoms. The molecule has 0 unspecified atom stereocenters. The van der Waals surface area contributed by atoms with Gasteiger partial charge in [-0.2, -0.15) is 13.2 Å². The molecular weight excluding hydrogens is 350 g/mol. The second-order valence-electron chi connectivity index (χ2n) is 4.54. The monoisotopic (exact) mass is 359 g/mol. The Balaban J connectivity index is 2.11. The largest absolute Gasteiger partial charge is 0.417 e. The van der Waals surface area contributed by atoms with Gasteiger partial charge in [0, 0.05) is 11.8 Å². The highest BCUT2D eigenvalue weighted by Gasteiger charge is 2.31. The third-order valence-electron chi connectivity index (χ3n) is 2.81. The molecule has 2 aromatic rings. The van der Waals surface area contributed by atoms with Crippen LogP contribution in [0.2, 0.25) is 0 Å². The fourth-order valence-corrected chi connectivity index (χ4v) is 1.87. The number of carbonyl (C=O) groups excluding carboxylic acids is 1. The van der Waals surface area contributed by atoms with Crippen molar-refractivity contribution < 1.29 is 22.4 Å². The number of halogens is 4. The smallest absolute Gasteiger partial charge is 0.328 e. The van der Waals surface area contributed by atoms with Crippen molar-refractivity contribution >= 4 is 28.9 Å². The lowest BCUT2D eigenvalue weighted by molar-refractivity contribution is -0.137. The predicted octanol–water partition coefficient (Wildman–Crippen LogP) is 2.66. The SMILES string of the molecule is O=C(NC(=S)Nc1cc(C(F)(F)F)c[nH]c1=O)c1ccc(F)cc1. The summed E-state index contributed by atoms with van der Waals surface area (Å²) in [5.74, 6) is -1.25. The van der Waals surface area contributed by atoms with Crippen molar-refractivity contribution in [1.82, 2.24) is 10.3 Å². The first-order valence-corrected chi connectivity index (χ1v) is 6.75. The number of H-pyrrole nitrogens is 1. The number of aromatic nitrogens is 1. The van der Waals surface area contributed by atoms with Crippen molar-refractivity contribution in [3.8, 4) is 0 Å². The molecule has 0 spiro atoms. The molecule has 1 aromatic heterocycles. The zero-order chi connectivity index (χ0) is 17.9. The number of amides is 1. The first-order chi connectivity index (χ1) is 11.2. The molecule has 0 aliphatic rings. The molecule has 1 amide bonds. The first-order valence-electron chi connectivity index (χ1n) is 6.34. The molecule has 0 atom stereocenters. The zero-order valence-corrected chi connectivity index (χ0v) is 12.5. The Hall–Kier alpha value is -2.75. The summed E-state index contributed by atoms with van der Waals surface area (Å²) in [7, 11) is 0. The summed E-state index contributed by atoms with van der Waals surface area (Å²) in [5.41, 5.74) is -2.33. The molecule has 0 aliphatic carbocycles. The number of carbonyl (C=O) groups is 1. The van der Waals surface area contributed by atoms with E-state index >= 15 is 0 Å². The van der Waals surface area contributed by atoms with Gasteiger partial charge in [-0.3, -0.25) is 14.9 Å². The maximum absolute atomic E-state index is 12.8. The Labute approximate surface area is 137 Å². The van der Waals surface area contributed by atoms with Gasteiger partial charge in [0.2, 0.25) is 0 Å². The van der Waals surface area contributed by atoms with Crippen molar-refractivity contribution in [2.24, 2.45) is 0 Å². The summed E-state index contributed by atoms with van der Waals surface area (Å²) in [6, 6.07) is 5.08. The van der Waals surface area contributed by atoms with E-state index in [4.69, 9.17) is 12.2 Å². The van der Waals surface area contributed by atoms with Crippen molar-refractivity contribution in [3.63, 3.8) is 0 Å². The van der Waals surface area contributed by atoms with Gasteiger partial charge in [0.15, 0.2) is 5.11 Å². The molecule has 126 valence electrons. The van der Waals surface area contributed by atoms with Gasteiger partial charge < -0.3 is 10.3 Å². The van der Waals surface area contributed by atoms with Crippen LogP contribution in [-0.2, 0) is 6.18 Å². The molecule has 0 saturated heterocycles. The number of thiocarbonyl (C=S) groups is 1. The Morgan fingerprint density at radius 3 is 2.38 bits per heavy atom. The summed E-state index contributed by atoms with van der Waals surface area (Å²) in [4.78, 5) is 25.3. The molecular formula is C14H9F4N3O2S. The average Bonchev–Trinajstić information content (AvgIpc) is 2.48. The summed E-state index contributed by atoms with van der Waals surface area (Å²) in [6.45, 7) is 0. The number of aromatic amines is 1. The Kier molecular flexibility index (Phi) is 4.98. The molecule has 0 radical (unpaired) electrons. The van der Waals surface area contributed by atoms with Crippen LogP contribution in [0.15, 0.2) is 41.3 Å². The van der Waals surface area contributed by atoms with Crippen LogP contribution in [0.1, 0.15) is 15.9 Å². The number of alkyl halides is 3. The molecule has 3 N–H and O–H groups in total. The highest BCUT2D eigenvalue weighted by molar-refractivity contribution is 7.80. The fourth-order valence-electron chi connectivity index (χ4n) is 1.67. The number of anilines is 1. The minimum atomic E-state index is -4.65. The van der Waals surface area contributed by atoms with Gasteiger partial charge in [-0.05, 0) is 42.5 Å². The van der Waals surface area contributed by atoms with Gasteiger partial charge in [0.25, 0.3) is 11.5 Å². The van der Waals surface area contributed by atoms with E-state index in [9.17, 15) is 27.2 Å². The first kappa shape index (κ1) is 17.6. The second-order valence-corrected chi connectivity index (χ2v) is 4.95. The number of hydrogen-bond donors (Lipinski definition) is 3. The zero-order valence-electron chi connectivity index (χ0n) is 11.7. The molecule has 5 nitrogen and oxygen atoms in total. The van der Waals surface area contributed by atoms with Crippen LogP contribution in [0.5, 0.6) is 0 Å². The molecule has 2 rings (SSSR count). The number of rotatable bonds is 2. The highest BCUT2D eigenvalue weighted by Crippen LogP contribution is 2.29. The number of nitrogens with one attached hydrogen (secondary N) is 3. The third-order valence-corrected chi connectivity index (χ3v) is 3.02. The standard InChI is InChI=1S/C14H9F4N3O2S/c15-9-3-1-7(2-4-9)11(22)21-13(24)20-10-5-8(14(16,17)18)6-19-12(10)23/h1-6H,(H,19,23)(H2,20,21,22,24). The predicted molar refractivity (Wildman–Crippen MR) is 82.2 cm³/mol. The lowest BCUT2D eigenvalue weighted by Crippen LogP contribution is -2.35. The maximum Gasteiger partial charge on any atom is 0.417 e. The second kappa shape index (κ2) is 6.79. The van der Waals surface area contributed by atoms with Crippen molar-refractivity contribution in [2.45, 2.75) is 6.18 Å². The summed E-state index contributed by atoms with van der Waals surface area (Å²) in [5, 5.41) is 4.01. The highest BCUT2D eigenvalue weighted by atomic mass is 32.1. The van der Waals surface area contributed by atoms with Crippen LogP contribution >= 0.6 is 12.2 Å². The molecule has 10 heteroatoms. The average molecular weight is 359 g/mol. The minimum absolute atomic E-state index is 0.0819. The maximum atomic E-state index is 12.8. The fraction of sp³-hybridized carbons (Fsp3) is 0.0714. The van der Waals surface area contributed by atoms with Gasteiger partial charge >= 0.3 is 6.18 Å². The number of pyridine rings is 1. The normalized spacial score (nSPS) is 11.0. The molecule has 0 saturated carbocycles. The van der Waals surface area contributed by atoms with Gasteiger partial charge in [-0.15, -0.1) is 0 Å². The third kappa shape index (κ3) is 4.38. The van der Waals surface area contributed by atoms with E-state index in [2.05, 4.69) is 10.6 Å². The molecule has 1 heterocycles. The van der Waals surface area contributed by atoms with E-state index in [-0.39, 0.29) is 10.7 Å². The van der Waals surface area contributed by atoms with E-state index < -0.39 is 34.7 Å². The summed E-state index contributed by atoms with van der Waals surface area (Å²) in [6.07, 6.45) is -4.13. The van der Waals surface area contributed by atoms with Gasteiger partial charge in [-0.1, -0.05) is 0 Å². The van der Waals surface area contributed by atoms with Crippen molar-refractivity contribution in [2.75, 3.05) is 5.32 Å². The number of hydrogen-bond acceptors (Lipinski definition) is 3. The minimum Gasteiger partial charge on any atom is -0.328 e. The van der Waals surface area contributed by atoms with E-state index in [1.165, 1.54) is 12.1 Å². The molecule has 0 bridgehead atoms. The molecule has 1 aromatic carbocycles. The number of benzene rings is 1. The lowest BCUT2D eigenvalue weighted by Gasteiger charge is -2.11. The van der Waals surface area contributed by atoms with Gasteiger partial charge in [-0.25, -0.2) is 4.39 Å². The van der Waals surface area contributed by atoms with E-state index in [1.54, 1.807) is 0 Å². The summed E-state index contributed by atoms with van der Waals surface area (Å²) >= 11 is 4.78. The van der Waals surface area contributed by atoms with Crippen LogP contribution in [0.3, 0.4) is 0 Å². The van der Waals surface area contributed by atoms with E-state index in [1.807, 2.05) is 4.98 Å². The van der Waals surface area contributed by atoms with Crippen molar-refractivity contribution in [3.05, 3.63) is 63.8 Å². The van der Waals surface area contributed by atoms with Crippen LogP contribution in [0.4, 0.5) is 23.2 Å².